The van der Waals surface area contributed by atoms with Crippen LogP contribution >= 0.6 is 0 Å². The lowest BCUT2D eigenvalue weighted by Gasteiger charge is -2.54. The van der Waals surface area contributed by atoms with Crippen LogP contribution in [0.3, 0.4) is 0 Å². The lowest BCUT2D eigenvalue weighted by atomic mass is 9.72. The lowest BCUT2D eigenvalue weighted by Crippen LogP contribution is -2.79. The van der Waals surface area contributed by atoms with Gasteiger partial charge in [-0.15, -0.1) is 0 Å². The van der Waals surface area contributed by atoms with Gasteiger partial charge in [-0.2, -0.15) is 0 Å². The molecule has 0 spiro atoms. The van der Waals surface area contributed by atoms with Gasteiger partial charge in [0.05, 0.1) is 15.7 Å². The number of nitrogens with zero attached hydrogens (tertiary/aromatic N) is 1. The fourth-order valence-electron chi connectivity index (χ4n) is 4.40. The highest BCUT2D eigenvalue weighted by Gasteiger charge is 2.63. The Balaban J connectivity index is 1.88. The van der Waals surface area contributed by atoms with Gasteiger partial charge in [-0.25, -0.2) is 17.6 Å². The number of rotatable bonds is 6. The Morgan fingerprint density at radius 1 is 1.21 bits per heavy atom. The highest BCUT2D eigenvalue weighted by atomic mass is 32.2. The van der Waals surface area contributed by atoms with E-state index in [-0.39, 0.29) is 30.3 Å². The first-order valence-corrected chi connectivity index (χ1v) is 12.1. The van der Waals surface area contributed by atoms with Crippen LogP contribution in [0.4, 0.5) is 9.18 Å². The summed E-state index contributed by atoms with van der Waals surface area (Å²) in [5.74, 6) is -1.59. The number of carbonyl (C=O) groups excluding carboxylic acids is 1. The molecular weight excluding hydrogens is 465 g/mol. The van der Waals surface area contributed by atoms with E-state index in [0.717, 1.165) is 10.5 Å². The maximum Gasteiger partial charge on any atom is 0.327 e. The SMILES string of the molecule is Cc1ccc(F)cc1COc1ccc(S(=O)(=O)C2CCN(C(N)=O)C(C)(C)C2(N)C(=O)O)cc1. The highest BCUT2D eigenvalue weighted by molar-refractivity contribution is 7.92. The normalized spacial score (nSPS) is 22.3. The van der Waals surface area contributed by atoms with Crippen molar-refractivity contribution in [1.82, 2.24) is 4.90 Å². The molecule has 0 aromatic heterocycles. The number of nitrogens with two attached hydrogens (primary N) is 2. The largest absolute Gasteiger partial charge is 0.489 e. The number of hydrogen-bond donors (Lipinski definition) is 3. The second kappa shape index (κ2) is 8.88. The van der Waals surface area contributed by atoms with Crippen LogP contribution in [0.1, 0.15) is 31.4 Å². The van der Waals surface area contributed by atoms with Gasteiger partial charge >= 0.3 is 12.0 Å². The molecule has 2 aromatic rings. The summed E-state index contributed by atoms with van der Waals surface area (Å²) in [6, 6.07) is 8.94. The molecule has 11 heteroatoms. The average molecular weight is 494 g/mol. The number of hydrogen-bond acceptors (Lipinski definition) is 6. The Hall–Kier alpha value is -3.18. The van der Waals surface area contributed by atoms with E-state index in [4.69, 9.17) is 16.2 Å². The molecule has 3 rings (SSSR count). The van der Waals surface area contributed by atoms with Crippen molar-refractivity contribution in [2.24, 2.45) is 11.5 Å². The van der Waals surface area contributed by atoms with Crippen molar-refractivity contribution in [2.75, 3.05) is 6.54 Å². The van der Waals surface area contributed by atoms with E-state index < -0.39 is 38.2 Å². The van der Waals surface area contributed by atoms with Crippen LogP contribution < -0.4 is 16.2 Å². The van der Waals surface area contributed by atoms with Crippen molar-refractivity contribution in [3.8, 4) is 5.75 Å². The van der Waals surface area contributed by atoms with Crippen LogP contribution in [0, 0.1) is 12.7 Å². The molecule has 34 heavy (non-hydrogen) atoms. The van der Waals surface area contributed by atoms with Gasteiger partial charge in [-0.1, -0.05) is 6.07 Å². The summed E-state index contributed by atoms with van der Waals surface area (Å²) in [7, 11) is -4.22. The summed E-state index contributed by atoms with van der Waals surface area (Å²) in [6.07, 6.45) is -0.200. The van der Waals surface area contributed by atoms with Gasteiger partial charge in [-0.05, 0) is 74.7 Å². The van der Waals surface area contributed by atoms with E-state index in [2.05, 4.69) is 0 Å². The van der Waals surface area contributed by atoms with Crippen LogP contribution in [-0.4, -0.2) is 53.3 Å². The topological polar surface area (TPSA) is 153 Å². The number of carboxylic acid groups (broad SMARTS) is 1. The molecule has 1 heterocycles. The minimum absolute atomic E-state index is 0.0629. The van der Waals surface area contributed by atoms with Crippen molar-refractivity contribution in [2.45, 2.75) is 55.0 Å². The summed E-state index contributed by atoms with van der Waals surface area (Å²) < 4.78 is 46.1. The Kier molecular flexibility index (Phi) is 6.64. The third-order valence-electron chi connectivity index (χ3n) is 6.66. The molecule has 9 nitrogen and oxygen atoms in total. The number of sulfone groups is 1. The molecular formula is C23H28FN3O6S. The third kappa shape index (κ3) is 4.21. The summed E-state index contributed by atoms with van der Waals surface area (Å²) in [5.41, 5.74) is 9.25. The maximum atomic E-state index is 13.5. The van der Waals surface area contributed by atoms with E-state index in [1.54, 1.807) is 6.07 Å². The van der Waals surface area contributed by atoms with Gasteiger partial charge in [0.2, 0.25) is 0 Å². The Bertz CT molecular complexity index is 1220. The molecule has 184 valence electrons. The summed E-state index contributed by atoms with van der Waals surface area (Å²) in [4.78, 5) is 25.1. The summed E-state index contributed by atoms with van der Waals surface area (Å²) in [5, 5.41) is 8.45. The number of halogens is 1. The second-order valence-corrected chi connectivity index (χ2v) is 11.0. The van der Waals surface area contributed by atoms with Crippen molar-refractivity contribution in [3.05, 3.63) is 59.4 Å². The number of likely N-dealkylation sites (tertiary alicyclic amines) is 1. The van der Waals surface area contributed by atoms with Gasteiger partial charge in [0, 0.05) is 6.54 Å². The standard InChI is InChI=1S/C23H28FN3O6S/c1-14-4-5-16(24)12-15(14)13-33-17-6-8-18(9-7-17)34(31,32)19-10-11-27(21(25)30)22(2,3)23(19,26)20(28)29/h4-9,12,19H,10-11,13,26H2,1-3H3,(H2,25,30)(H,28,29). The quantitative estimate of drug-likeness (QED) is 0.557. The Morgan fingerprint density at radius 3 is 2.38 bits per heavy atom. The Labute approximate surface area is 197 Å². The number of ether oxygens (including phenoxy) is 1. The van der Waals surface area contributed by atoms with E-state index >= 15 is 0 Å². The van der Waals surface area contributed by atoms with Crippen LogP contribution in [0.15, 0.2) is 47.4 Å². The molecule has 1 fully saturated rings. The first kappa shape index (κ1) is 25.4. The third-order valence-corrected chi connectivity index (χ3v) is 8.95. The lowest BCUT2D eigenvalue weighted by molar-refractivity contribution is -0.150. The number of primary amides is 1. The monoisotopic (exact) mass is 493 g/mol. The van der Waals surface area contributed by atoms with Gasteiger partial charge in [0.15, 0.2) is 15.4 Å². The van der Waals surface area contributed by atoms with Crippen LogP contribution in [0.25, 0.3) is 0 Å². The minimum atomic E-state index is -4.22. The van der Waals surface area contributed by atoms with Gasteiger partial charge in [-0.3, -0.25) is 4.79 Å². The van der Waals surface area contributed by atoms with E-state index in [9.17, 15) is 27.5 Å². The zero-order valence-corrected chi connectivity index (χ0v) is 19.9. The number of carbonyl (C=O) groups is 2. The van der Waals surface area contributed by atoms with E-state index in [1.807, 2.05) is 6.92 Å². The molecule has 5 N–H and O–H groups in total. The smallest absolute Gasteiger partial charge is 0.327 e. The molecule has 0 radical (unpaired) electrons. The Morgan fingerprint density at radius 2 is 1.82 bits per heavy atom. The molecule has 1 saturated heterocycles. The molecule has 2 unspecified atom stereocenters. The minimum Gasteiger partial charge on any atom is -0.489 e. The number of piperidine rings is 1. The van der Waals surface area contributed by atoms with E-state index in [1.165, 1.54) is 50.2 Å². The number of benzene rings is 2. The van der Waals surface area contributed by atoms with Crippen LogP contribution in [-0.2, 0) is 21.2 Å². The van der Waals surface area contributed by atoms with Crippen molar-refractivity contribution >= 4 is 21.8 Å². The number of aryl methyl sites for hydroxylation is 1. The molecule has 1 aliphatic rings. The predicted octanol–water partition coefficient (Wildman–Crippen LogP) is 2.20. The van der Waals surface area contributed by atoms with Crippen LogP contribution in [0.5, 0.6) is 5.75 Å². The van der Waals surface area contributed by atoms with Crippen molar-refractivity contribution in [3.63, 3.8) is 0 Å². The number of aliphatic carboxylic acids is 1. The van der Waals surface area contributed by atoms with Crippen molar-refractivity contribution < 1.29 is 32.2 Å². The van der Waals surface area contributed by atoms with Crippen molar-refractivity contribution in [1.29, 1.82) is 0 Å². The summed E-state index contributed by atoms with van der Waals surface area (Å²) >= 11 is 0. The zero-order valence-electron chi connectivity index (χ0n) is 19.1. The molecule has 2 aromatic carbocycles. The molecule has 2 amide bonds. The molecule has 0 bridgehead atoms. The second-order valence-electron chi connectivity index (χ2n) is 8.88. The maximum absolute atomic E-state index is 13.5. The fraction of sp³-hybridized carbons (Fsp3) is 0.391. The summed E-state index contributed by atoms with van der Waals surface area (Å²) in [6.45, 7) is 4.62. The van der Waals surface area contributed by atoms with Gasteiger partial charge < -0.3 is 26.2 Å². The van der Waals surface area contributed by atoms with E-state index in [0.29, 0.717) is 11.3 Å². The highest BCUT2D eigenvalue weighted by Crippen LogP contribution is 2.41. The predicted molar refractivity (Wildman–Crippen MR) is 122 cm³/mol. The molecule has 1 aliphatic heterocycles. The molecule has 0 saturated carbocycles. The molecule has 0 aliphatic carbocycles. The van der Waals surface area contributed by atoms with Crippen LogP contribution in [0.2, 0.25) is 0 Å². The molecule has 2 atom stereocenters. The number of urea groups is 1. The zero-order chi connectivity index (χ0) is 25.5. The first-order valence-electron chi connectivity index (χ1n) is 10.5. The van der Waals surface area contributed by atoms with Gasteiger partial charge in [0.1, 0.15) is 18.2 Å². The number of carboxylic acids is 1. The van der Waals surface area contributed by atoms with Gasteiger partial charge in [0.25, 0.3) is 0 Å². The average Bonchev–Trinajstić information content (AvgIpc) is 2.75. The fourth-order valence-corrected chi connectivity index (χ4v) is 6.54. The number of amides is 2. The first-order chi connectivity index (χ1) is 15.7.